The van der Waals surface area contributed by atoms with Gasteiger partial charge in [0, 0.05) is 6.54 Å². The number of carbonyl (C=O) groups is 1. The molecule has 7 nitrogen and oxygen atoms in total. The van der Waals surface area contributed by atoms with Crippen molar-refractivity contribution in [3.8, 4) is 11.5 Å². The van der Waals surface area contributed by atoms with Gasteiger partial charge in [-0.25, -0.2) is 8.42 Å². The van der Waals surface area contributed by atoms with E-state index in [2.05, 4.69) is 5.32 Å². The zero-order valence-corrected chi connectivity index (χ0v) is 21.6. The summed E-state index contributed by atoms with van der Waals surface area (Å²) in [5.41, 5.74) is 4.07. The predicted molar refractivity (Wildman–Crippen MR) is 138 cm³/mol. The van der Waals surface area contributed by atoms with Crippen molar-refractivity contribution in [1.82, 2.24) is 5.32 Å². The van der Waals surface area contributed by atoms with Gasteiger partial charge in [-0.2, -0.15) is 0 Å². The van der Waals surface area contributed by atoms with Crippen LogP contribution in [0.2, 0.25) is 0 Å². The van der Waals surface area contributed by atoms with Crippen molar-refractivity contribution in [3.05, 3.63) is 82.9 Å². The summed E-state index contributed by atoms with van der Waals surface area (Å²) in [6.07, 6.45) is 0.556. The summed E-state index contributed by atoms with van der Waals surface area (Å²) in [7, 11) is -0.814. The minimum Gasteiger partial charge on any atom is -0.493 e. The van der Waals surface area contributed by atoms with E-state index in [4.69, 9.17) is 9.47 Å². The van der Waals surface area contributed by atoms with Crippen LogP contribution < -0.4 is 19.1 Å². The predicted octanol–water partition coefficient (Wildman–Crippen LogP) is 4.18. The number of ether oxygens (including phenoxy) is 2. The Balaban J connectivity index is 1.79. The fraction of sp³-hybridized carbons (Fsp3) is 0.296. The van der Waals surface area contributed by atoms with Crippen LogP contribution in [0.5, 0.6) is 11.5 Å². The molecular weight excluding hydrogens is 464 g/mol. The quantitative estimate of drug-likeness (QED) is 0.455. The van der Waals surface area contributed by atoms with E-state index in [1.165, 1.54) is 4.31 Å². The molecule has 0 aliphatic heterocycles. The summed E-state index contributed by atoms with van der Waals surface area (Å²) >= 11 is 0. The number of carbonyl (C=O) groups excluding carboxylic acids is 1. The average molecular weight is 497 g/mol. The topological polar surface area (TPSA) is 84.9 Å². The number of hydrogen-bond acceptors (Lipinski definition) is 5. The van der Waals surface area contributed by atoms with Gasteiger partial charge in [-0.3, -0.25) is 9.10 Å². The molecule has 0 bridgehead atoms. The first-order valence-electron chi connectivity index (χ1n) is 11.3. The molecule has 0 unspecified atom stereocenters. The van der Waals surface area contributed by atoms with Crippen molar-refractivity contribution in [1.29, 1.82) is 0 Å². The van der Waals surface area contributed by atoms with Crippen LogP contribution in [-0.4, -0.2) is 41.6 Å². The summed E-state index contributed by atoms with van der Waals surface area (Å²) < 4.78 is 38.9. The minimum atomic E-state index is -3.96. The van der Waals surface area contributed by atoms with Gasteiger partial charge in [-0.05, 0) is 74.2 Å². The van der Waals surface area contributed by atoms with E-state index in [0.29, 0.717) is 30.2 Å². The van der Waals surface area contributed by atoms with Gasteiger partial charge in [0.2, 0.25) is 5.91 Å². The fourth-order valence-corrected chi connectivity index (χ4v) is 5.17. The summed E-state index contributed by atoms with van der Waals surface area (Å²) in [5, 5.41) is 2.85. The van der Waals surface area contributed by atoms with Crippen LogP contribution in [0.3, 0.4) is 0 Å². The number of methoxy groups -OCH3 is 2. The molecule has 0 aliphatic carbocycles. The molecule has 35 heavy (non-hydrogen) atoms. The SMILES string of the molecule is COc1ccc(CCNC(=O)CN(c2cc(C)ccc2C)S(=O)(=O)c2ccc(C)cc2)cc1OC. The highest BCUT2D eigenvalue weighted by atomic mass is 32.2. The Kier molecular flexibility index (Phi) is 8.40. The van der Waals surface area contributed by atoms with Crippen molar-refractivity contribution in [2.24, 2.45) is 0 Å². The Bertz CT molecular complexity index is 1290. The minimum absolute atomic E-state index is 0.141. The molecule has 1 amide bonds. The summed E-state index contributed by atoms with van der Waals surface area (Å²) in [6, 6.07) is 17.8. The Labute approximate surface area is 207 Å². The lowest BCUT2D eigenvalue weighted by Crippen LogP contribution is -2.41. The first kappa shape index (κ1) is 26.1. The highest BCUT2D eigenvalue weighted by Crippen LogP contribution is 2.29. The van der Waals surface area contributed by atoms with E-state index in [0.717, 1.165) is 22.3 Å². The van der Waals surface area contributed by atoms with Crippen LogP contribution in [0.25, 0.3) is 0 Å². The summed E-state index contributed by atoms with van der Waals surface area (Å²) in [6.45, 7) is 5.64. The van der Waals surface area contributed by atoms with Gasteiger partial charge >= 0.3 is 0 Å². The Morgan fingerprint density at radius 1 is 0.857 bits per heavy atom. The molecule has 0 heterocycles. The molecule has 3 aromatic rings. The fourth-order valence-electron chi connectivity index (χ4n) is 3.69. The molecule has 186 valence electrons. The zero-order valence-electron chi connectivity index (χ0n) is 20.8. The monoisotopic (exact) mass is 496 g/mol. The maximum atomic E-state index is 13.6. The second-order valence-corrected chi connectivity index (χ2v) is 10.3. The van der Waals surface area contributed by atoms with E-state index < -0.39 is 10.0 Å². The van der Waals surface area contributed by atoms with Crippen LogP contribution in [0, 0.1) is 20.8 Å². The second-order valence-electron chi connectivity index (χ2n) is 8.40. The van der Waals surface area contributed by atoms with Crippen LogP contribution in [0.4, 0.5) is 5.69 Å². The number of sulfonamides is 1. The Morgan fingerprint density at radius 2 is 1.51 bits per heavy atom. The highest BCUT2D eigenvalue weighted by molar-refractivity contribution is 7.92. The summed E-state index contributed by atoms with van der Waals surface area (Å²) in [4.78, 5) is 13.0. The smallest absolute Gasteiger partial charge is 0.264 e. The number of hydrogen-bond donors (Lipinski definition) is 1. The van der Waals surface area contributed by atoms with Crippen LogP contribution >= 0.6 is 0 Å². The molecular formula is C27H32N2O5S. The number of nitrogens with zero attached hydrogens (tertiary/aromatic N) is 1. The van der Waals surface area contributed by atoms with Crippen molar-refractivity contribution in [3.63, 3.8) is 0 Å². The van der Waals surface area contributed by atoms with Gasteiger partial charge in [0.25, 0.3) is 10.0 Å². The molecule has 0 spiro atoms. The largest absolute Gasteiger partial charge is 0.493 e. The molecule has 0 saturated carbocycles. The number of rotatable bonds is 10. The number of benzene rings is 3. The lowest BCUT2D eigenvalue weighted by atomic mass is 10.1. The number of amides is 1. The molecule has 1 N–H and O–H groups in total. The standard InChI is InChI=1S/C27H32N2O5S/c1-19-7-11-23(12-8-19)35(31,32)29(24-16-20(2)6-9-21(24)3)18-27(30)28-15-14-22-10-13-25(33-4)26(17-22)34-5/h6-13,16-17H,14-15,18H2,1-5H3,(H,28,30). The summed E-state index contributed by atoms with van der Waals surface area (Å²) in [5.74, 6) is 0.856. The van der Waals surface area contributed by atoms with Crippen molar-refractivity contribution in [2.45, 2.75) is 32.1 Å². The Hall–Kier alpha value is -3.52. The first-order valence-corrected chi connectivity index (χ1v) is 12.7. The third kappa shape index (κ3) is 6.33. The number of aryl methyl sites for hydroxylation is 3. The van der Waals surface area contributed by atoms with E-state index >= 15 is 0 Å². The number of nitrogens with one attached hydrogen (secondary N) is 1. The van der Waals surface area contributed by atoms with Gasteiger partial charge < -0.3 is 14.8 Å². The number of anilines is 1. The third-order valence-electron chi connectivity index (χ3n) is 5.71. The van der Waals surface area contributed by atoms with E-state index in [1.807, 2.05) is 51.1 Å². The molecule has 8 heteroatoms. The third-order valence-corrected chi connectivity index (χ3v) is 7.49. The van der Waals surface area contributed by atoms with Crippen molar-refractivity contribution >= 4 is 21.6 Å². The molecule has 0 aliphatic rings. The maximum absolute atomic E-state index is 13.6. The van der Waals surface area contributed by atoms with Gasteiger partial charge in [-0.15, -0.1) is 0 Å². The maximum Gasteiger partial charge on any atom is 0.264 e. The van der Waals surface area contributed by atoms with Crippen LogP contribution in [-0.2, 0) is 21.2 Å². The van der Waals surface area contributed by atoms with Gasteiger partial charge in [0.15, 0.2) is 11.5 Å². The van der Waals surface area contributed by atoms with E-state index in [9.17, 15) is 13.2 Å². The molecule has 0 fully saturated rings. The Morgan fingerprint density at radius 3 is 2.17 bits per heavy atom. The van der Waals surface area contributed by atoms with Crippen molar-refractivity contribution in [2.75, 3.05) is 31.6 Å². The average Bonchev–Trinajstić information content (AvgIpc) is 2.84. The molecule has 3 aromatic carbocycles. The van der Waals surface area contributed by atoms with Gasteiger partial charge in [-0.1, -0.05) is 35.9 Å². The first-order chi connectivity index (χ1) is 16.6. The van der Waals surface area contributed by atoms with Gasteiger partial charge in [0.05, 0.1) is 24.8 Å². The molecule has 0 saturated heterocycles. The van der Waals surface area contributed by atoms with Crippen molar-refractivity contribution < 1.29 is 22.7 Å². The molecule has 0 radical (unpaired) electrons. The molecule has 3 rings (SSSR count). The zero-order chi connectivity index (χ0) is 25.6. The second kappa shape index (κ2) is 11.3. The molecule has 0 aromatic heterocycles. The van der Waals surface area contributed by atoms with Crippen LogP contribution in [0.15, 0.2) is 65.6 Å². The lowest BCUT2D eigenvalue weighted by molar-refractivity contribution is -0.119. The van der Waals surface area contributed by atoms with Crippen LogP contribution in [0.1, 0.15) is 22.3 Å². The van der Waals surface area contributed by atoms with Gasteiger partial charge in [0.1, 0.15) is 6.54 Å². The van der Waals surface area contributed by atoms with E-state index in [-0.39, 0.29) is 17.3 Å². The molecule has 0 atom stereocenters. The highest BCUT2D eigenvalue weighted by Gasteiger charge is 2.28. The van der Waals surface area contributed by atoms with E-state index in [1.54, 1.807) is 44.6 Å². The lowest BCUT2D eigenvalue weighted by Gasteiger charge is -2.26. The normalized spacial score (nSPS) is 11.1.